The van der Waals surface area contributed by atoms with Gasteiger partial charge in [0.25, 0.3) is 0 Å². The van der Waals surface area contributed by atoms with Gasteiger partial charge in [-0.1, -0.05) is 0 Å². The Hall–Kier alpha value is -0.200. The molecule has 0 aromatic carbocycles. The van der Waals surface area contributed by atoms with Crippen molar-refractivity contribution in [2.45, 2.75) is 63.1 Å². The van der Waals surface area contributed by atoms with Crippen LogP contribution in [0.2, 0.25) is 0 Å². The lowest BCUT2D eigenvalue weighted by atomic mass is 9.84. The molecule has 3 aliphatic rings. The average Bonchev–Trinajstić information content (AvgIpc) is 2.87. The number of piperazine rings is 1. The second-order valence-corrected chi connectivity index (χ2v) is 6.90. The summed E-state index contributed by atoms with van der Waals surface area (Å²) in [5.41, 5.74) is 6.42. The van der Waals surface area contributed by atoms with Gasteiger partial charge in [-0.15, -0.1) is 0 Å². The lowest BCUT2D eigenvalue weighted by molar-refractivity contribution is -0.194. The fraction of sp³-hybridized carbons (Fsp3) is 1.00. The minimum absolute atomic E-state index is 0.247. The maximum absolute atomic E-state index is 6.42. The number of hydrogen-bond acceptors (Lipinski definition) is 5. The molecule has 1 spiro atoms. The van der Waals surface area contributed by atoms with Crippen molar-refractivity contribution >= 4 is 0 Å². The van der Waals surface area contributed by atoms with E-state index >= 15 is 0 Å². The van der Waals surface area contributed by atoms with E-state index < -0.39 is 0 Å². The molecular weight excluding hydrogens is 254 g/mol. The SMILES string of the molecule is CC1CN(C2CC3(CCC2N)OCCO3)CC(C)N1C. The Labute approximate surface area is 122 Å². The van der Waals surface area contributed by atoms with E-state index in [0.717, 1.165) is 45.6 Å². The molecule has 4 atom stereocenters. The van der Waals surface area contributed by atoms with Crippen molar-refractivity contribution in [3.05, 3.63) is 0 Å². The highest BCUT2D eigenvalue weighted by Crippen LogP contribution is 2.38. The molecule has 3 rings (SSSR count). The third kappa shape index (κ3) is 2.62. The minimum Gasteiger partial charge on any atom is -0.347 e. The fourth-order valence-electron chi connectivity index (χ4n) is 4.03. The highest BCUT2D eigenvalue weighted by molar-refractivity contribution is 4.98. The monoisotopic (exact) mass is 283 g/mol. The van der Waals surface area contributed by atoms with Gasteiger partial charge in [0.15, 0.2) is 5.79 Å². The normalized spacial score (nSPS) is 43.2. The largest absolute Gasteiger partial charge is 0.347 e. The summed E-state index contributed by atoms with van der Waals surface area (Å²) in [7, 11) is 2.22. The molecule has 5 nitrogen and oxygen atoms in total. The Morgan fingerprint density at radius 2 is 1.70 bits per heavy atom. The van der Waals surface area contributed by atoms with E-state index in [-0.39, 0.29) is 11.8 Å². The zero-order valence-corrected chi connectivity index (χ0v) is 13.0. The summed E-state index contributed by atoms with van der Waals surface area (Å²) >= 11 is 0. The number of rotatable bonds is 1. The summed E-state index contributed by atoms with van der Waals surface area (Å²) in [5.74, 6) is -0.337. The molecule has 0 radical (unpaired) electrons. The first kappa shape index (κ1) is 14.7. The Balaban J connectivity index is 1.71. The minimum atomic E-state index is -0.337. The zero-order valence-electron chi connectivity index (χ0n) is 13.0. The van der Waals surface area contributed by atoms with Crippen LogP contribution in [-0.4, -0.2) is 73.1 Å². The summed E-state index contributed by atoms with van der Waals surface area (Å²) in [6, 6.07) is 1.79. The van der Waals surface area contributed by atoms with Crippen molar-refractivity contribution in [1.82, 2.24) is 9.80 Å². The summed E-state index contributed by atoms with van der Waals surface area (Å²) in [6.45, 7) is 8.25. The second-order valence-electron chi connectivity index (χ2n) is 6.90. The van der Waals surface area contributed by atoms with Gasteiger partial charge in [0.2, 0.25) is 0 Å². The van der Waals surface area contributed by atoms with Crippen LogP contribution in [-0.2, 0) is 9.47 Å². The van der Waals surface area contributed by atoms with Gasteiger partial charge in [-0.3, -0.25) is 9.80 Å². The van der Waals surface area contributed by atoms with E-state index in [1.54, 1.807) is 0 Å². The van der Waals surface area contributed by atoms with E-state index in [1.807, 2.05) is 0 Å². The molecule has 1 saturated carbocycles. The molecule has 1 aliphatic carbocycles. The zero-order chi connectivity index (χ0) is 14.3. The Kier molecular flexibility index (Phi) is 4.08. The van der Waals surface area contributed by atoms with Crippen molar-refractivity contribution in [3.63, 3.8) is 0 Å². The van der Waals surface area contributed by atoms with Crippen LogP contribution in [0, 0.1) is 0 Å². The van der Waals surface area contributed by atoms with Crippen LogP contribution in [0.1, 0.15) is 33.1 Å². The molecule has 2 saturated heterocycles. The molecule has 0 aromatic rings. The van der Waals surface area contributed by atoms with Crippen molar-refractivity contribution in [3.8, 4) is 0 Å². The van der Waals surface area contributed by atoms with Crippen LogP contribution in [0.25, 0.3) is 0 Å². The Bertz CT molecular complexity index is 334. The molecule has 20 heavy (non-hydrogen) atoms. The van der Waals surface area contributed by atoms with Crippen LogP contribution < -0.4 is 5.73 Å². The number of likely N-dealkylation sites (N-methyl/N-ethyl adjacent to an activating group) is 1. The highest BCUT2D eigenvalue weighted by Gasteiger charge is 2.47. The highest BCUT2D eigenvalue weighted by atomic mass is 16.7. The van der Waals surface area contributed by atoms with Crippen LogP contribution in [0.4, 0.5) is 0 Å². The first-order valence-electron chi connectivity index (χ1n) is 8.00. The second kappa shape index (κ2) is 5.54. The molecule has 0 aromatic heterocycles. The molecule has 5 heteroatoms. The molecular formula is C15H29N3O2. The molecule has 2 N–H and O–H groups in total. The topological polar surface area (TPSA) is 51.0 Å². The summed E-state index contributed by atoms with van der Waals surface area (Å²) < 4.78 is 11.8. The van der Waals surface area contributed by atoms with Crippen molar-refractivity contribution in [2.75, 3.05) is 33.4 Å². The lowest BCUT2D eigenvalue weighted by Crippen LogP contribution is -2.63. The van der Waals surface area contributed by atoms with Gasteiger partial charge in [-0.2, -0.15) is 0 Å². The molecule has 3 fully saturated rings. The molecule has 116 valence electrons. The first-order valence-corrected chi connectivity index (χ1v) is 8.00. The molecule has 4 unspecified atom stereocenters. The summed E-state index contributed by atoms with van der Waals surface area (Å²) in [5, 5.41) is 0. The van der Waals surface area contributed by atoms with Crippen LogP contribution in [0.5, 0.6) is 0 Å². The van der Waals surface area contributed by atoms with Gasteiger partial charge in [0.1, 0.15) is 0 Å². The third-order valence-corrected chi connectivity index (χ3v) is 5.54. The van der Waals surface area contributed by atoms with E-state index in [1.165, 1.54) is 0 Å². The van der Waals surface area contributed by atoms with Crippen molar-refractivity contribution < 1.29 is 9.47 Å². The lowest BCUT2D eigenvalue weighted by Gasteiger charge is -2.50. The number of ether oxygens (including phenoxy) is 2. The van der Waals surface area contributed by atoms with Crippen LogP contribution in [0.3, 0.4) is 0 Å². The van der Waals surface area contributed by atoms with Gasteiger partial charge in [0.05, 0.1) is 13.2 Å². The summed E-state index contributed by atoms with van der Waals surface area (Å²) in [4.78, 5) is 5.04. The van der Waals surface area contributed by atoms with Gasteiger partial charge >= 0.3 is 0 Å². The first-order chi connectivity index (χ1) is 9.51. The molecule has 2 heterocycles. The third-order valence-electron chi connectivity index (χ3n) is 5.54. The van der Waals surface area contributed by atoms with E-state index in [4.69, 9.17) is 15.2 Å². The van der Waals surface area contributed by atoms with Crippen LogP contribution in [0.15, 0.2) is 0 Å². The predicted molar refractivity (Wildman–Crippen MR) is 78.5 cm³/mol. The standard InChI is InChI=1S/C15H29N3O2/c1-11-9-18(10-12(2)17(11)3)14-8-15(5-4-13(14)16)19-6-7-20-15/h11-14H,4-10,16H2,1-3H3. The Morgan fingerprint density at radius 3 is 2.30 bits per heavy atom. The fourth-order valence-corrected chi connectivity index (χ4v) is 4.03. The van der Waals surface area contributed by atoms with Gasteiger partial charge < -0.3 is 15.2 Å². The molecule has 2 aliphatic heterocycles. The Morgan fingerprint density at radius 1 is 1.10 bits per heavy atom. The van der Waals surface area contributed by atoms with Crippen LogP contribution >= 0.6 is 0 Å². The van der Waals surface area contributed by atoms with E-state index in [2.05, 4.69) is 30.7 Å². The molecule has 0 bridgehead atoms. The summed E-state index contributed by atoms with van der Waals surface area (Å²) in [6.07, 6.45) is 2.88. The number of hydrogen-bond donors (Lipinski definition) is 1. The number of nitrogens with zero attached hydrogens (tertiary/aromatic N) is 2. The van der Waals surface area contributed by atoms with Gasteiger partial charge in [-0.25, -0.2) is 0 Å². The average molecular weight is 283 g/mol. The predicted octanol–water partition coefficient (Wildman–Crippen LogP) is 0.634. The quantitative estimate of drug-likeness (QED) is 0.765. The van der Waals surface area contributed by atoms with Gasteiger partial charge in [-0.05, 0) is 27.3 Å². The maximum atomic E-state index is 6.42. The van der Waals surface area contributed by atoms with E-state index in [9.17, 15) is 0 Å². The van der Waals surface area contributed by atoms with Gasteiger partial charge in [0, 0.05) is 50.1 Å². The van der Waals surface area contributed by atoms with Crippen molar-refractivity contribution in [1.29, 1.82) is 0 Å². The maximum Gasteiger partial charge on any atom is 0.170 e. The smallest absolute Gasteiger partial charge is 0.170 e. The molecule has 0 amide bonds. The van der Waals surface area contributed by atoms with Crippen molar-refractivity contribution in [2.24, 2.45) is 5.73 Å². The number of nitrogens with two attached hydrogens (primary N) is 1. The van der Waals surface area contributed by atoms with E-state index in [0.29, 0.717) is 18.1 Å².